The van der Waals surface area contributed by atoms with Crippen molar-refractivity contribution in [1.82, 2.24) is 15.0 Å². The lowest BCUT2D eigenvalue weighted by Crippen LogP contribution is -2.14. The van der Waals surface area contributed by atoms with Crippen molar-refractivity contribution in [3.8, 4) is 33.7 Å². The Kier molecular flexibility index (Phi) is 6.57. The molecule has 0 fully saturated rings. The topological polar surface area (TPSA) is 95.5 Å². The van der Waals surface area contributed by atoms with Crippen molar-refractivity contribution < 1.29 is 19.0 Å². The third-order valence-corrected chi connectivity index (χ3v) is 5.34. The van der Waals surface area contributed by atoms with Gasteiger partial charge in [0.15, 0.2) is 11.5 Å². The summed E-state index contributed by atoms with van der Waals surface area (Å²) in [5, 5.41) is 5.55. The average molecular weight is 449 g/mol. The van der Waals surface area contributed by atoms with Crippen LogP contribution in [0.2, 0.25) is 0 Å². The number of nitrogens with one attached hydrogen (secondary N) is 1. The van der Waals surface area contributed by atoms with Gasteiger partial charge in [0.1, 0.15) is 10.8 Å². The van der Waals surface area contributed by atoms with Gasteiger partial charge in [-0.1, -0.05) is 6.07 Å². The Bertz CT molecular complexity index is 1210. The van der Waals surface area contributed by atoms with Crippen LogP contribution in [0.15, 0.2) is 66.4 Å². The van der Waals surface area contributed by atoms with Crippen LogP contribution in [0.5, 0.6) is 23.1 Å². The second-order valence-corrected chi connectivity index (χ2v) is 7.47. The highest BCUT2D eigenvalue weighted by molar-refractivity contribution is 7.13. The number of hydrogen-bond donors (Lipinski definition) is 1. The molecule has 0 atom stereocenters. The second kappa shape index (κ2) is 9.88. The van der Waals surface area contributed by atoms with Crippen LogP contribution in [0.4, 0.5) is 5.69 Å². The third kappa shape index (κ3) is 5.19. The van der Waals surface area contributed by atoms with Gasteiger partial charge in [-0.05, 0) is 30.3 Å². The van der Waals surface area contributed by atoms with Gasteiger partial charge in [-0.15, -0.1) is 11.3 Å². The lowest BCUT2D eigenvalue weighted by atomic mass is 10.2. The van der Waals surface area contributed by atoms with E-state index < -0.39 is 0 Å². The van der Waals surface area contributed by atoms with E-state index in [-0.39, 0.29) is 12.3 Å². The van der Waals surface area contributed by atoms with E-state index in [9.17, 15) is 4.79 Å². The van der Waals surface area contributed by atoms with Crippen molar-refractivity contribution in [2.24, 2.45) is 0 Å². The molecule has 0 bridgehead atoms. The third-order valence-electron chi connectivity index (χ3n) is 4.40. The van der Waals surface area contributed by atoms with Crippen LogP contribution in [-0.4, -0.2) is 35.1 Å². The Morgan fingerprint density at radius 1 is 1.06 bits per heavy atom. The van der Waals surface area contributed by atoms with Crippen molar-refractivity contribution in [2.45, 2.75) is 6.42 Å². The molecule has 0 radical (unpaired) electrons. The molecule has 32 heavy (non-hydrogen) atoms. The molecule has 2 aromatic carbocycles. The number of thiazole rings is 1. The van der Waals surface area contributed by atoms with E-state index in [1.54, 1.807) is 50.9 Å². The van der Waals surface area contributed by atoms with Crippen LogP contribution in [0, 0.1) is 0 Å². The van der Waals surface area contributed by atoms with Crippen LogP contribution in [-0.2, 0) is 11.2 Å². The van der Waals surface area contributed by atoms with E-state index in [1.807, 2.05) is 23.6 Å². The van der Waals surface area contributed by atoms with Crippen molar-refractivity contribution in [1.29, 1.82) is 0 Å². The Hall–Kier alpha value is -3.98. The molecule has 0 spiro atoms. The van der Waals surface area contributed by atoms with Gasteiger partial charge in [0.05, 0.1) is 32.5 Å². The summed E-state index contributed by atoms with van der Waals surface area (Å²) < 4.78 is 16.3. The van der Waals surface area contributed by atoms with E-state index in [1.165, 1.54) is 17.5 Å². The summed E-state index contributed by atoms with van der Waals surface area (Å²) in [6, 6.07) is 12.7. The van der Waals surface area contributed by atoms with E-state index in [4.69, 9.17) is 14.2 Å². The Morgan fingerprint density at radius 3 is 2.72 bits per heavy atom. The maximum Gasteiger partial charge on any atom is 0.237 e. The minimum atomic E-state index is -0.175. The Labute approximate surface area is 188 Å². The zero-order valence-electron chi connectivity index (χ0n) is 17.4. The largest absolute Gasteiger partial charge is 0.493 e. The number of anilines is 1. The van der Waals surface area contributed by atoms with E-state index in [0.29, 0.717) is 34.5 Å². The molecule has 162 valence electrons. The number of carbonyl (C=O) groups is 1. The number of benzene rings is 2. The number of nitrogens with zero attached hydrogens (tertiary/aromatic N) is 3. The summed E-state index contributed by atoms with van der Waals surface area (Å²) in [7, 11) is 3.18. The van der Waals surface area contributed by atoms with Gasteiger partial charge < -0.3 is 19.5 Å². The highest BCUT2D eigenvalue weighted by Crippen LogP contribution is 2.33. The van der Waals surface area contributed by atoms with Crippen LogP contribution in [0.3, 0.4) is 0 Å². The zero-order valence-corrected chi connectivity index (χ0v) is 18.3. The Morgan fingerprint density at radius 2 is 1.94 bits per heavy atom. The molecular weight excluding hydrogens is 428 g/mol. The minimum absolute atomic E-state index is 0.152. The molecule has 4 rings (SSSR count). The molecule has 9 heteroatoms. The maximum atomic E-state index is 12.5. The average Bonchev–Trinajstić information content (AvgIpc) is 3.27. The molecule has 1 amide bonds. The standard InChI is InChI=1S/C23H20N4O4S/c1-29-19-7-6-15(10-20(19)30-2)23-27-17(14-32-23)12-21(28)26-16-4-3-5-18(11-16)31-22-13-24-8-9-25-22/h3-11,13-14H,12H2,1-2H3,(H,26,28). The van der Waals surface area contributed by atoms with Crippen molar-refractivity contribution >= 4 is 22.9 Å². The first-order chi connectivity index (χ1) is 15.6. The molecule has 2 heterocycles. The number of aromatic nitrogens is 3. The molecule has 0 saturated heterocycles. The number of hydrogen-bond acceptors (Lipinski definition) is 8. The molecule has 0 aliphatic carbocycles. The molecule has 1 N–H and O–H groups in total. The molecular formula is C23H20N4O4S. The van der Waals surface area contributed by atoms with Crippen molar-refractivity contribution in [3.05, 3.63) is 72.1 Å². The van der Waals surface area contributed by atoms with Crippen LogP contribution < -0.4 is 19.5 Å². The molecule has 4 aromatic rings. The van der Waals surface area contributed by atoms with E-state index in [2.05, 4.69) is 20.3 Å². The molecule has 0 aliphatic heterocycles. The molecule has 8 nitrogen and oxygen atoms in total. The summed E-state index contributed by atoms with van der Waals surface area (Å²) >= 11 is 1.47. The first kappa shape index (κ1) is 21.3. The summed E-state index contributed by atoms with van der Waals surface area (Å²) in [5.74, 6) is 2.03. The van der Waals surface area contributed by atoms with Crippen LogP contribution in [0.1, 0.15) is 5.69 Å². The summed E-state index contributed by atoms with van der Waals surface area (Å²) in [6.45, 7) is 0. The summed E-state index contributed by atoms with van der Waals surface area (Å²) in [5.41, 5.74) is 2.20. The molecule has 2 aromatic heterocycles. The van der Waals surface area contributed by atoms with Gasteiger partial charge in [0.2, 0.25) is 11.8 Å². The van der Waals surface area contributed by atoms with Gasteiger partial charge in [-0.3, -0.25) is 9.78 Å². The zero-order chi connectivity index (χ0) is 22.3. The van der Waals surface area contributed by atoms with Crippen LogP contribution >= 0.6 is 11.3 Å². The van der Waals surface area contributed by atoms with E-state index >= 15 is 0 Å². The quantitative estimate of drug-likeness (QED) is 0.421. The smallest absolute Gasteiger partial charge is 0.237 e. The predicted molar refractivity (Wildman–Crippen MR) is 122 cm³/mol. The first-order valence-electron chi connectivity index (χ1n) is 9.65. The fraction of sp³-hybridized carbons (Fsp3) is 0.130. The lowest BCUT2D eigenvalue weighted by molar-refractivity contribution is -0.115. The highest BCUT2D eigenvalue weighted by Gasteiger charge is 2.12. The fourth-order valence-electron chi connectivity index (χ4n) is 2.96. The lowest BCUT2D eigenvalue weighted by Gasteiger charge is -2.08. The number of methoxy groups -OCH3 is 2. The second-order valence-electron chi connectivity index (χ2n) is 6.61. The van der Waals surface area contributed by atoms with Crippen molar-refractivity contribution in [3.63, 3.8) is 0 Å². The normalized spacial score (nSPS) is 10.4. The van der Waals surface area contributed by atoms with Gasteiger partial charge in [0, 0.05) is 35.1 Å². The number of rotatable bonds is 8. The SMILES string of the molecule is COc1ccc(-c2nc(CC(=O)Nc3cccc(Oc4cnccn4)c3)cs2)cc1OC. The van der Waals surface area contributed by atoms with Crippen molar-refractivity contribution in [2.75, 3.05) is 19.5 Å². The Balaban J connectivity index is 1.40. The number of carbonyl (C=O) groups excluding carboxylic acids is 1. The summed E-state index contributed by atoms with van der Waals surface area (Å²) in [6.07, 6.45) is 4.78. The molecule has 0 unspecified atom stereocenters. The molecule has 0 saturated carbocycles. The van der Waals surface area contributed by atoms with E-state index in [0.717, 1.165) is 10.6 Å². The minimum Gasteiger partial charge on any atom is -0.493 e. The fourth-order valence-corrected chi connectivity index (χ4v) is 3.77. The van der Waals surface area contributed by atoms with Gasteiger partial charge in [0.25, 0.3) is 0 Å². The van der Waals surface area contributed by atoms with Gasteiger partial charge in [-0.2, -0.15) is 0 Å². The highest BCUT2D eigenvalue weighted by atomic mass is 32.1. The monoisotopic (exact) mass is 448 g/mol. The van der Waals surface area contributed by atoms with Crippen LogP contribution in [0.25, 0.3) is 10.6 Å². The first-order valence-corrected chi connectivity index (χ1v) is 10.5. The summed E-state index contributed by atoms with van der Waals surface area (Å²) in [4.78, 5) is 25.2. The maximum absolute atomic E-state index is 12.5. The van der Waals surface area contributed by atoms with Gasteiger partial charge in [-0.25, -0.2) is 9.97 Å². The molecule has 0 aliphatic rings. The number of ether oxygens (including phenoxy) is 3. The number of amides is 1. The predicted octanol–water partition coefficient (Wildman–Crippen LogP) is 4.59. The van der Waals surface area contributed by atoms with Gasteiger partial charge >= 0.3 is 0 Å².